The molecule has 18 heavy (non-hydrogen) atoms. The van der Waals surface area contributed by atoms with Crippen LogP contribution in [0.25, 0.3) is 0 Å². The minimum Gasteiger partial charge on any atom is -0.492 e. The lowest BCUT2D eigenvalue weighted by molar-refractivity contribution is 0.291. The zero-order valence-corrected chi connectivity index (χ0v) is 10.6. The van der Waals surface area contributed by atoms with Crippen LogP contribution < -0.4 is 10.5 Å². The van der Waals surface area contributed by atoms with Crippen molar-refractivity contribution in [3.8, 4) is 5.75 Å². The van der Waals surface area contributed by atoms with Crippen LogP contribution in [-0.2, 0) is 13.0 Å². The predicted molar refractivity (Wildman–Crippen MR) is 72.4 cm³/mol. The molecule has 0 amide bonds. The monoisotopic (exact) mass is 262 g/mol. The number of hydrogen-bond acceptors (Lipinski definition) is 4. The number of rotatable bonds is 6. The first-order chi connectivity index (χ1) is 8.74. The van der Waals surface area contributed by atoms with Crippen LogP contribution in [0.2, 0.25) is 0 Å². The Morgan fingerprint density at radius 1 is 1.33 bits per heavy atom. The van der Waals surface area contributed by atoms with Gasteiger partial charge in [0.1, 0.15) is 25.0 Å². The molecule has 6 heteroatoms. The topological polar surface area (TPSA) is 66.0 Å². The van der Waals surface area contributed by atoms with E-state index in [1.165, 1.54) is 6.33 Å². The molecule has 2 rings (SSSR count). The quantitative estimate of drug-likeness (QED) is 0.792. The van der Waals surface area contributed by atoms with Crippen molar-refractivity contribution in [3.63, 3.8) is 0 Å². The Labute approximate surface area is 111 Å². The standard InChI is InChI=1S/C12H14N4OS/c13-12(18)7-10-1-3-11(4-2-10)17-6-5-16-9-14-8-15-16/h1-4,8-9H,5-7H2,(H2,13,18). The smallest absolute Gasteiger partial charge is 0.137 e. The summed E-state index contributed by atoms with van der Waals surface area (Å²) in [5.41, 5.74) is 6.57. The Bertz CT molecular complexity index is 495. The average Bonchev–Trinajstić information content (AvgIpc) is 2.84. The molecule has 0 fully saturated rings. The van der Waals surface area contributed by atoms with E-state index in [4.69, 9.17) is 22.7 Å². The van der Waals surface area contributed by atoms with E-state index in [-0.39, 0.29) is 0 Å². The van der Waals surface area contributed by atoms with E-state index in [0.717, 1.165) is 11.3 Å². The number of nitrogens with zero attached hydrogens (tertiary/aromatic N) is 3. The van der Waals surface area contributed by atoms with Crippen molar-refractivity contribution in [2.75, 3.05) is 6.61 Å². The first-order valence-corrected chi connectivity index (χ1v) is 5.97. The molecule has 0 saturated carbocycles. The minimum atomic E-state index is 0.495. The SMILES string of the molecule is NC(=S)Cc1ccc(OCCn2cncn2)cc1. The zero-order chi connectivity index (χ0) is 12.8. The second-order valence-corrected chi connectivity index (χ2v) is 4.32. The molecule has 0 radical (unpaired) electrons. The van der Waals surface area contributed by atoms with Gasteiger partial charge in [-0.25, -0.2) is 9.67 Å². The fraction of sp³-hybridized carbons (Fsp3) is 0.250. The van der Waals surface area contributed by atoms with Gasteiger partial charge >= 0.3 is 0 Å². The van der Waals surface area contributed by atoms with Crippen LogP contribution in [-0.4, -0.2) is 26.4 Å². The average molecular weight is 262 g/mol. The van der Waals surface area contributed by atoms with E-state index in [9.17, 15) is 0 Å². The van der Waals surface area contributed by atoms with Crippen LogP contribution in [0, 0.1) is 0 Å². The molecule has 0 atom stereocenters. The molecule has 2 aromatic rings. The maximum atomic E-state index is 5.59. The van der Waals surface area contributed by atoms with Crippen LogP contribution in [0.4, 0.5) is 0 Å². The fourth-order valence-corrected chi connectivity index (χ4v) is 1.68. The van der Waals surface area contributed by atoms with Gasteiger partial charge in [0.25, 0.3) is 0 Å². The van der Waals surface area contributed by atoms with Gasteiger partial charge < -0.3 is 10.5 Å². The lowest BCUT2D eigenvalue weighted by Crippen LogP contribution is -2.11. The highest BCUT2D eigenvalue weighted by Crippen LogP contribution is 2.12. The fourth-order valence-electron chi connectivity index (χ4n) is 1.51. The molecule has 94 valence electrons. The summed E-state index contributed by atoms with van der Waals surface area (Å²) >= 11 is 4.86. The Morgan fingerprint density at radius 3 is 2.72 bits per heavy atom. The first kappa shape index (κ1) is 12.5. The van der Waals surface area contributed by atoms with Gasteiger partial charge in [-0.15, -0.1) is 0 Å². The van der Waals surface area contributed by atoms with E-state index in [1.807, 2.05) is 24.3 Å². The normalized spacial score (nSPS) is 10.2. The summed E-state index contributed by atoms with van der Waals surface area (Å²) in [7, 11) is 0. The van der Waals surface area contributed by atoms with Gasteiger partial charge in [0.15, 0.2) is 0 Å². The Kier molecular flexibility index (Phi) is 4.25. The number of hydrogen-bond donors (Lipinski definition) is 1. The van der Waals surface area contributed by atoms with Crippen molar-refractivity contribution < 1.29 is 4.74 Å². The molecule has 1 aromatic carbocycles. The Hall–Kier alpha value is -1.95. The number of nitrogens with two attached hydrogens (primary N) is 1. The Balaban J connectivity index is 1.81. The number of ether oxygens (including phenoxy) is 1. The number of thiocarbonyl (C=S) groups is 1. The highest BCUT2D eigenvalue weighted by atomic mass is 32.1. The van der Waals surface area contributed by atoms with Crippen molar-refractivity contribution in [2.24, 2.45) is 5.73 Å². The Morgan fingerprint density at radius 2 is 2.11 bits per heavy atom. The van der Waals surface area contributed by atoms with Crippen LogP contribution >= 0.6 is 12.2 Å². The molecule has 2 N–H and O–H groups in total. The number of aromatic nitrogens is 3. The van der Waals surface area contributed by atoms with Gasteiger partial charge in [0.05, 0.1) is 11.5 Å². The summed E-state index contributed by atoms with van der Waals surface area (Å²) in [6.45, 7) is 1.23. The van der Waals surface area contributed by atoms with Gasteiger partial charge in [-0.2, -0.15) is 5.10 Å². The van der Waals surface area contributed by atoms with Crippen molar-refractivity contribution in [1.29, 1.82) is 0 Å². The molecule has 0 aliphatic carbocycles. The minimum absolute atomic E-state index is 0.495. The first-order valence-electron chi connectivity index (χ1n) is 5.56. The number of benzene rings is 1. The van der Waals surface area contributed by atoms with Crippen molar-refractivity contribution in [3.05, 3.63) is 42.5 Å². The third-order valence-corrected chi connectivity index (χ3v) is 2.50. The van der Waals surface area contributed by atoms with Gasteiger partial charge in [-0.05, 0) is 17.7 Å². The van der Waals surface area contributed by atoms with E-state index in [1.54, 1.807) is 11.0 Å². The van der Waals surface area contributed by atoms with Crippen LogP contribution in [0.3, 0.4) is 0 Å². The molecule has 0 saturated heterocycles. The van der Waals surface area contributed by atoms with Gasteiger partial charge in [-0.3, -0.25) is 0 Å². The van der Waals surface area contributed by atoms with Crippen molar-refractivity contribution in [1.82, 2.24) is 14.8 Å². The summed E-state index contributed by atoms with van der Waals surface area (Å²) < 4.78 is 7.31. The third-order valence-electron chi connectivity index (χ3n) is 2.36. The van der Waals surface area contributed by atoms with Crippen LogP contribution in [0.5, 0.6) is 5.75 Å². The summed E-state index contributed by atoms with van der Waals surface area (Å²) in [5, 5.41) is 3.99. The molecule has 0 unspecified atom stereocenters. The highest BCUT2D eigenvalue weighted by molar-refractivity contribution is 7.80. The highest BCUT2D eigenvalue weighted by Gasteiger charge is 1.98. The lowest BCUT2D eigenvalue weighted by Gasteiger charge is -2.07. The summed E-state index contributed by atoms with van der Waals surface area (Å²) in [4.78, 5) is 4.35. The van der Waals surface area contributed by atoms with Gasteiger partial charge in [0.2, 0.25) is 0 Å². The largest absolute Gasteiger partial charge is 0.492 e. The van der Waals surface area contributed by atoms with Crippen LogP contribution in [0.15, 0.2) is 36.9 Å². The molecule has 0 aliphatic rings. The molecule has 1 aromatic heterocycles. The molecule has 0 bridgehead atoms. The molecular weight excluding hydrogens is 248 g/mol. The summed E-state index contributed by atoms with van der Waals surface area (Å²) in [6, 6.07) is 7.75. The summed E-state index contributed by atoms with van der Waals surface area (Å²) in [5.74, 6) is 0.821. The molecule has 0 aliphatic heterocycles. The zero-order valence-electron chi connectivity index (χ0n) is 9.82. The van der Waals surface area contributed by atoms with E-state index in [2.05, 4.69) is 10.1 Å². The van der Waals surface area contributed by atoms with E-state index in [0.29, 0.717) is 24.6 Å². The second-order valence-electron chi connectivity index (χ2n) is 3.79. The van der Waals surface area contributed by atoms with E-state index >= 15 is 0 Å². The third kappa shape index (κ3) is 3.81. The summed E-state index contributed by atoms with van der Waals surface area (Å²) in [6.07, 6.45) is 3.79. The van der Waals surface area contributed by atoms with Gasteiger partial charge in [0, 0.05) is 6.42 Å². The van der Waals surface area contributed by atoms with Crippen LogP contribution in [0.1, 0.15) is 5.56 Å². The molecule has 1 heterocycles. The molecular formula is C12H14N4OS. The van der Waals surface area contributed by atoms with Crippen molar-refractivity contribution >= 4 is 17.2 Å². The van der Waals surface area contributed by atoms with Crippen molar-refractivity contribution in [2.45, 2.75) is 13.0 Å². The second kappa shape index (κ2) is 6.11. The van der Waals surface area contributed by atoms with Gasteiger partial charge in [-0.1, -0.05) is 24.4 Å². The lowest BCUT2D eigenvalue weighted by atomic mass is 10.1. The molecule has 5 nitrogen and oxygen atoms in total. The maximum absolute atomic E-state index is 5.59. The maximum Gasteiger partial charge on any atom is 0.137 e. The molecule has 0 spiro atoms. The van der Waals surface area contributed by atoms with E-state index < -0.39 is 0 Å². The predicted octanol–water partition coefficient (Wildman–Crippen LogP) is 1.19.